The van der Waals surface area contributed by atoms with Crippen LogP contribution in [0.25, 0.3) is 0 Å². The van der Waals surface area contributed by atoms with Crippen molar-refractivity contribution in [2.75, 3.05) is 13.7 Å². The van der Waals surface area contributed by atoms with Gasteiger partial charge in [-0.1, -0.05) is 15.9 Å². The van der Waals surface area contributed by atoms with E-state index in [4.69, 9.17) is 4.74 Å². The molecule has 1 aromatic rings. The van der Waals surface area contributed by atoms with Gasteiger partial charge in [0.15, 0.2) is 0 Å². The van der Waals surface area contributed by atoms with E-state index in [9.17, 15) is 0 Å². The average molecular weight is 260 g/mol. The molecule has 1 aliphatic carbocycles. The van der Waals surface area contributed by atoms with Crippen molar-refractivity contribution in [3.8, 4) is 0 Å². The minimum atomic E-state index is 0.646. The molecule has 0 N–H and O–H groups in total. The van der Waals surface area contributed by atoms with Crippen LogP contribution >= 0.6 is 15.9 Å². The molecule has 4 nitrogen and oxygen atoms in total. The lowest BCUT2D eigenvalue weighted by Gasteiger charge is -2.07. The highest BCUT2D eigenvalue weighted by Gasteiger charge is 2.29. The third-order valence-electron chi connectivity index (χ3n) is 2.44. The van der Waals surface area contributed by atoms with Gasteiger partial charge >= 0.3 is 0 Å². The fourth-order valence-electron chi connectivity index (χ4n) is 1.52. The molecule has 1 fully saturated rings. The largest absolute Gasteiger partial charge is 0.383 e. The summed E-state index contributed by atoms with van der Waals surface area (Å²) in [6.45, 7) is 1.58. The Labute approximate surface area is 91.8 Å². The zero-order valence-electron chi connectivity index (χ0n) is 8.24. The van der Waals surface area contributed by atoms with Gasteiger partial charge in [-0.3, -0.25) is 0 Å². The van der Waals surface area contributed by atoms with Crippen molar-refractivity contribution in [2.45, 2.75) is 30.6 Å². The predicted molar refractivity (Wildman–Crippen MR) is 56.5 cm³/mol. The molecule has 14 heavy (non-hydrogen) atoms. The first-order valence-electron chi connectivity index (χ1n) is 4.83. The van der Waals surface area contributed by atoms with Crippen molar-refractivity contribution >= 4 is 15.9 Å². The molecule has 0 unspecified atom stereocenters. The molecule has 0 bridgehead atoms. The highest BCUT2D eigenvalue weighted by molar-refractivity contribution is 9.08. The van der Waals surface area contributed by atoms with E-state index in [1.165, 1.54) is 12.8 Å². The lowest BCUT2D eigenvalue weighted by atomic mass is 10.4. The standard InChI is InChI=1S/C9H14BrN3O/c1-14-5-4-13-8(6-10)11-12-9(13)7-2-3-7/h7H,2-6H2,1H3. The second-order valence-corrected chi connectivity index (χ2v) is 4.09. The van der Waals surface area contributed by atoms with Crippen LogP contribution in [-0.4, -0.2) is 28.5 Å². The SMILES string of the molecule is COCCn1c(CBr)nnc1C1CC1. The molecule has 78 valence electrons. The maximum Gasteiger partial charge on any atom is 0.143 e. The molecule has 1 heterocycles. The van der Waals surface area contributed by atoms with Crippen LogP contribution in [-0.2, 0) is 16.6 Å². The van der Waals surface area contributed by atoms with Gasteiger partial charge in [0.25, 0.3) is 0 Å². The maximum absolute atomic E-state index is 5.08. The molecule has 0 amide bonds. The van der Waals surface area contributed by atoms with Gasteiger partial charge in [0.05, 0.1) is 11.9 Å². The highest BCUT2D eigenvalue weighted by Crippen LogP contribution is 2.39. The van der Waals surface area contributed by atoms with Crippen LogP contribution in [0.15, 0.2) is 0 Å². The minimum Gasteiger partial charge on any atom is -0.383 e. The molecular formula is C9H14BrN3O. The Bertz CT molecular complexity index is 309. The van der Waals surface area contributed by atoms with Gasteiger partial charge in [0.2, 0.25) is 0 Å². The van der Waals surface area contributed by atoms with E-state index in [0.717, 1.165) is 30.1 Å². The van der Waals surface area contributed by atoms with Gasteiger partial charge in [0, 0.05) is 19.6 Å². The normalized spacial score (nSPS) is 16.1. The summed E-state index contributed by atoms with van der Waals surface area (Å²) in [6.07, 6.45) is 2.51. The molecule has 0 saturated heterocycles. The first-order valence-corrected chi connectivity index (χ1v) is 5.96. The van der Waals surface area contributed by atoms with Crippen molar-refractivity contribution in [1.82, 2.24) is 14.8 Å². The Morgan fingerprint density at radius 1 is 1.50 bits per heavy atom. The summed E-state index contributed by atoms with van der Waals surface area (Å²) in [5, 5.41) is 9.15. The van der Waals surface area contributed by atoms with E-state index in [-0.39, 0.29) is 0 Å². The highest BCUT2D eigenvalue weighted by atomic mass is 79.9. The lowest BCUT2D eigenvalue weighted by molar-refractivity contribution is 0.185. The maximum atomic E-state index is 5.08. The van der Waals surface area contributed by atoms with Crippen LogP contribution in [0, 0.1) is 0 Å². The van der Waals surface area contributed by atoms with E-state index in [1.54, 1.807) is 7.11 Å². The summed E-state index contributed by atoms with van der Waals surface area (Å²) >= 11 is 3.42. The molecule has 1 aliphatic rings. The van der Waals surface area contributed by atoms with Crippen molar-refractivity contribution in [3.05, 3.63) is 11.6 Å². The number of nitrogens with zero attached hydrogens (tertiary/aromatic N) is 3. The van der Waals surface area contributed by atoms with Crippen molar-refractivity contribution in [1.29, 1.82) is 0 Å². The van der Waals surface area contributed by atoms with Gasteiger partial charge < -0.3 is 9.30 Å². The van der Waals surface area contributed by atoms with Crippen LogP contribution < -0.4 is 0 Å². The number of rotatable bonds is 5. The topological polar surface area (TPSA) is 39.9 Å². The van der Waals surface area contributed by atoms with Gasteiger partial charge in [-0.2, -0.15) is 0 Å². The fourth-order valence-corrected chi connectivity index (χ4v) is 1.93. The first-order chi connectivity index (χ1) is 6.86. The third kappa shape index (κ3) is 1.98. The molecule has 1 aromatic heterocycles. The molecule has 0 aromatic carbocycles. The number of aromatic nitrogens is 3. The van der Waals surface area contributed by atoms with Crippen LogP contribution in [0.1, 0.15) is 30.4 Å². The van der Waals surface area contributed by atoms with E-state index in [2.05, 4.69) is 30.7 Å². The summed E-state index contributed by atoms with van der Waals surface area (Å²) in [5.41, 5.74) is 0. The van der Waals surface area contributed by atoms with E-state index < -0.39 is 0 Å². The van der Waals surface area contributed by atoms with E-state index in [0.29, 0.717) is 5.92 Å². The molecular weight excluding hydrogens is 246 g/mol. The van der Waals surface area contributed by atoms with Crippen molar-refractivity contribution < 1.29 is 4.74 Å². The molecule has 0 atom stereocenters. The van der Waals surface area contributed by atoms with Gasteiger partial charge in [0.1, 0.15) is 11.6 Å². The predicted octanol–water partition coefficient (Wildman–Crippen LogP) is 1.70. The number of ether oxygens (including phenoxy) is 1. The summed E-state index contributed by atoms with van der Waals surface area (Å²) in [7, 11) is 1.72. The minimum absolute atomic E-state index is 0.646. The van der Waals surface area contributed by atoms with Crippen LogP contribution in [0.4, 0.5) is 0 Å². The number of hydrogen-bond acceptors (Lipinski definition) is 3. The van der Waals surface area contributed by atoms with Crippen molar-refractivity contribution in [3.63, 3.8) is 0 Å². The number of methoxy groups -OCH3 is 1. The van der Waals surface area contributed by atoms with Crippen molar-refractivity contribution in [2.24, 2.45) is 0 Å². The summed E-state index contributed by atoms with van der Waals surface area (Å²) in [6, 6.07) is 0. The number of alkyl halides is 1. The van der Waals surface area contributed by atoms with Crippen LogP contribution in [0.5, 0.6) is 0 Å². The Morgan fingerprint density at radius 3 is 2.86 bits per heavy atom. The summed E-state index contributed by atoms with van der Waals surface area (Å²) < 4.78 is 7.25. The first kappa shape index (κ1) is 10.1. The third-order valence-corrected chi connectivity index (χ3v) is 2.94. The lowest BCUT2D eigenvalue weighted by Crippen LogP contribution is -2.10. The summed E-state index contributed by atoms with van der Waals surface area (Å²) in [5.74, 6) is 2.78. The molecule has 2 rings (SSSR count). The van der Waals surface area contributed by atoms with Gasteiger partial charge in [-0.05, 0) is 12.8 Å². The zero-order chi connectivity index (χ0) is 9.97. The summed E-state index contributed by atoms with van der Waals surface area (Å²) in [4.78, 5) is 0. The Kier molecular flexibility index (Phi) is 3.18. The smallest absolute Gasteiger partial charge is 0.143 e. The monoisotopic (exact) mass is 259 g/mol. The van der Waals surface area contributed by atoms with Gasteiger partial charge in [-0.15, -0.1) is 10.2 Å². The second kappa shape index (κ2) is 4.40. The van der Waals surface area contributed by atoms with Crippen LogP contribution in [0.3, 0.4) is 0 Å². The Balaban J connectivity index is 2.17. The van der Waals surface area contributed by atoms with E-state index >= 15 is 0 Å². The number of hydrogen-bond donors (Lipinski definition) is 0. The zero-order valence-corrected chi connectivity index (χ0v) is 9.83. The fraction of sp³-hybridized carbons (Fsp3) is 0.778. The Morgan fingerprint density at radius 2 is 2.29 bits per heavy atom. The quantitative estimate of drug-likeness (QED) is 0.756. The van der Waals surface area contributed by atoms with Crippen LogP contribution in [0.2, 0.25) is 0 Å². The second-order valence-electron chi connectivity index (χ2n) is 3.53. The average Bonchev–Trinajstić information content (AvgIpc) is 2.96. The molecule has 0 spiro atoms. The van der Waals surface area contributed by atoms with E-state index in [1.807, 2.05) is 0 Å². The molecule has 0 aliphatic heterocycles. The molecule has 5 heteroatoms. The van der Waals surface area contributed by atoms with Gasteiger partial charge in [-0.25, -0.2) is 0 Å². The number of halogens is 1. The Hall–Kier alpha value is -0.420. The molecule has 1 saturated carbocycles. The molecule has 0 radical (unpaired) electrons.